The van der Waals surface area contributed by atoms with Crippen LogP contribution in [0.2, 0.25) is 0 Å². The van der Waals surface area contributed by atoms with Crippen molar-refractivity contribution in [1.82, 2.24) is 24.9 Å². The number of allylic oxidation sites excluding steroid dienone is 1. The molecule has 2 aliphatic heterocycles. The molecule has 7 atom stereocenters. The molecule has 310 valence electrons. The molecule has 17 heteroatoms. The molecule has 14 nitrogen and oxygen atoms in total. The third kappa shape index (κ3) is 8.10. The number of nitrogens with zero attached hydrogens (tertiary/aromatic N) is 3. The van der Waals surface area contributed by atoms with Gasteiger partial charge in [0.15, 0.2) is 11.5 Å². The normalized spacial score (nSPS) is 31.7. The number of sulfonamides is 1. The number of ketones is 1. The van der Waals surface area contributed by atoms with Gasteiger partial charge in [-0.05, 0) is 75.0 Å². The summed E-state index contributed by atoms with van der Waals surface area (Å²) in [6.45, 7) is 8.18. The summed E-state index contributed by atoms with van der Waals surface area (Å²) < 4.78 is 77.4. The first-order valence-corrected chi connectivity index (χ1v) is 21.2. The highest BCUT2D eigenvalue weighted by atomic mass is 32.2. The maximum absolute atomic E-state index is 16.1. The summed E-state index contributed by atoms with van der Waals surface area (Å²) in [7, 11) is -4.00. The fourth-order valence-electron chi connectivity index (χ4n) is 8.36. The van der Waals surface area contributed by atoms with Gasteiger partial charge in [0.25, 0.3) is 0 Å². The van der Waals surface area contributed by atoms with E-state index in [0.717, 1.165) is 0 Å². The molecule has 57 heavy (non-hydrogen) atoms. The Hall–Kier alpha value is -4.25. The van der Waals surface area contributed by atoms with E-state index < -0.39 is 97.2 Å². The zero-order valence-electron chi connectivity index (χ0n) is 32.9. The smallest absolute Gasteiger partial charge is 0.408 e. The van der Waals surface area contributed by atoms with Crippen molar-refractivity contribution in [2.75, 3.05) is 13.2 Å². The van der Waals surface area contributed by atoms with Gasteiger partial charge in [-0.3, -0.25) is 19.1 Å². The van der Waals surface area contributed by atoms with E-state index in [2.05, 4.69) is 20.0 Å². The van der Waals surface area contributed by atoms with E-state index in [0.29, 0.717) is 44.6 Å². The van der Waals surface area contributed by atoms with Crippen molar-refractivity contribution in [3.8, 4) is 5.88 Å². The molecule has 3 saturated carbocycles. The maximum Gasteiger partial charge on any atom is 0.408 e. The Morgan fingerprint density at radius 2 is 1.74 bits per heavy atom. The third-order valence-corrected chi connectivity index (χ3v) is 14.5. The molecule has 2 bridgehead atoms. The predicted molar refractivity (Wildman–Crippen MR) is 203 cm³/mol. The van der Waals surface area contributed by atoms with Gasteiger partial charge in [-0.1, -0.05) is 52.3 Å². The molecule has 7 rings (SSSR count). The number of nitrogens with one attached hydrogen (secondary N) is 2. The quantitative estimate of drug-likeness (QED) is 0.355. The Labute approximate surface area is 330 Å². The minimum atomic E-state index is -4.00. The molecule has 5 aliphatic rings. The van der Waals surface area contributed by atoms with Crippen LogP contribution in [0.15, 0.2) is 36.4 Å². The topological polar surface area (TPSA) is 183 Å². The van der Waals surface area contributed by atoms with E-state index in [1.54, 1.807) is 52.0 Å². The highest BCUT2D eigenvalue weighted by molar-refractivity contribution is 7.91. The number of rotatable bonds is 7. The molecule has 3 amide bonds. The van der Waals surface area contributed by atoms with Gasteiger partial charge in [0.2, 0.25) is 27.7 Å². The minimum Gasteiger partial charge on any atom is -0.471 e. The Bertz CT molecular complexity index is 2090. The van der Waals surface area contributed by atoms with Crippen molar-refractivity contribution in [2.24, 2.45) is 16.7 Å². The molecule has 4 fully saturated rings. The number of para-hydroxylation sites is 2. The van der Waals surface area contributed by atoms with Crippen LogP contribution in [0.4, 0.5) is 13.6 Å². The van der Waals surface area contributed by atoms with Gasteiger partial charge in [-0.25, -0.2) is 23.2 Å². The van der Waals surface area contributed by atoms with E-state index in [1.807, 2.05) is 6.92 Å². The van der Waals surface area contributed by atoms with Crippen LogP contribution in [0, 0.1) is 16.7 Å². The molecule has 1 aromatic carbocycles. The molecule has 3 heterocycles. The van der Waals surface area contributed by atoms with Gasteiger partial charge < -0.3 is 24.4 Å². The van der Waals surface area contributed by atoms with Gasteiger partial charge in [0.1, 0.15) is 18.2 Å². The summed E-state index contributed by atoms with van der Waals surface area (Å²) in [6.07, 6.45) is 1.38. The molecule has 2 aromatic rings. The zero-order valence-corrected chi connectivity index (χ0v) is 33.7. The van der Waals surface area contributed by atoms with Crippen LogP contribution in [0.1, 0.15) is 98.1 Å². The summed E-state index contributed by atoms with van der Waals surface area (Å²) in [6, 6.07) is 4.03. The molecule has 2 N–H and O–H groups in total. The van der Waals surface area contributed by atoms with Crippen LogP contribution in [0.3, 0.4) is 0 Å². The summed E-state index contributed by atoms with van der Waals surface area (Å²) >= 11 is 0. The summed E-state index contributed by atoms with van der Waals surface area (Å²) in [5.41, 5.74) is -2.51. The zero-order chi connectivity index (χ0) is 41.1. The van der Waals surface area contributed by atoms with Gasteiger partial charge in [0.05, 0.1) is 46.5 Å². The van der Waals surface area contributed by atoms with Gasteiger partial charge in [-0.2, -0.15) is 8.78 Å². The largest absolute Gasteiger partial charge is 0.471 e. The van der Waals surface area contributed by atoms with Crippen molar-refractivity contribution in [3.63, 3.8) is 0 Å². The van der Waals surface area contributed by atoms with Gasteiger partial charge >= 0.3 is 12.0 Å². The molecular weight excluding hydrogens is 765 g/mol. The fourth-order valence-corrected chi connectivity index (χ4v) is 9.69. The van der Waals surface area contributed by atoms with Gasteiger partial charge in [-0.15, -0.1) is 0 Å². The standard InChI is InChI=1S/C40H51F2N5O9S/c1-6-23-20-39(23,35(50)46-57(52,53)38(5)16-17-38)21-28(48)27-19-24-22-47(27)34(49)32(37(2,3)4)45-36(51)56-30-14-9-13-29(30)54-18-10-15-40(41,42)31-33(55-24)44-26-12-8-7-11-25(26)43-31/h7-8,10-12,15,23-24,27,29-30,32H,6,9,13-14,16-22H2,1-5H3,(H,45,51)(H,46,50)/b15-10+/t23-,24-,27+,29-,30-,32-,39-/m1/s1. The van der Waals surface area contributed by atoms with Crippen LogP contribution in [-0.2, 0) is 39.8 Å². The fraction of sp³-hybridized carbons (Fsp3) is 0.650. The number of benzene rings is 1. The van der Waals surface area contributed by atoms with Crippen molar-refractivity contribution >= 4 is 44.7 Å². The highest BCUT2D eigenvalue weighted by Crippen LogP contribution is 2.58. The maximum atomic E-state index is 16.1. The lowest BCUT2D eigenvalue weighted by Crippen LogP contribution is -2.57. The van der Waals surface area contributed by atoms with Crippen LogP contribution in [-0.4, -0.2) is 95.3 Å². The first kappa shape index (κ1) is 40.9. The Kier molecular flexibility index (Phi) is 10.7. The monoisotopic (exact) mass is 815 g/mol. The number of carbonyl (C=O) groups excluding carboxylic acids is 4. The van der Waals surface area contributed by atoms with Crippen LogP contribution < -0.4 is 14.8 Å². The lowest BCUT2D eigenvalue weighted by Gasteiger charge is -2.35. The average Bonchev–Trinajstić information content (AvgIpc) is 3.96. The number of aromatic nitrogens is 2. The van der Waals surface area contributed by atoms with E-state index in [1.165, 1.54) is 11.0 Å². The molecular formula is C40H51F2N5O9S. The number of ether oxygens (including phenoxy) is 3. The van der Waals surface area contributed by atoms with Crippen molar-refractivity contribution in [1.29, 1.82) is 0 Å². The average molecular weight is 816 g/mol. The summed E-state index contributed by atoms with van der Waals surface area (Å²) in [4.78, 5) is 66.4. The second-order valence-corrected chi connectivity index (χ2v) is 19.8. The number of Topliss-reactive ketones (excluding diaryl/α,β-unsaturated/α-hetero) is 1. The predicted octanol–water partition coefficient (Wildman–Crippen LogP) is 5.09. The second kappa shape index (κ2) is 14.8. The molecule has 3 aliphatic carbocycles. The number of hydrogen-bond donors (Lipinski definition) is 2. The SMILES string of the molecule is CC[C@@H]1C[C@]1(CC(=O)[C@@H]1C[C@@H]2CN1C(=O)[C@H](C(C)(C)C)NC(=O)O[C@@H]1CCC[C@H]1OC/C=C/C(F)(F)c1nc3ccccc3nc1O2)C(=O)NS(=O)(=O)C1(C)CC1. The molecule has 0 spiro atoms. The third-order valence-electron chi connectivity index (χ3n) is 12.3. The number of amides is 3. The van der Waals surface area contributed by atoms with Crippen molar-refractivity contribution < 1.29 is 50.6 Å². The number of halogens is 2. The Morgan fingerprint density at radius 1 is 1.05 bits per heavy atom. The molecule has 0 unspecified atom stereocenters. The van der Waals surface area contributed by atoms with Crippen molar-refractivity contribution in [2.45, 2.75) is 133 Å². The summed E-state index contributed by atoms with van der Waals surface area (Å²) in [5.74, 6) is -6.38. The van der Waals surface area contributed by atoms with Crippen molar-refractivity contribution in [3.05, 3.63) is 42.1 Å². The highest BCUT2D eigenvalue weighted by Gasteiger charge is 2.63. The molecule has 1 aromatic heterocycles. The number of alkyl carbamates (subject to hydrolysis) is 1. The molecule has 1 saturated heterocycles. The number of carbonyl (C=O) groups is 4. The first-order valence-electron chi connectivity index (χ1n) is 19.7. The number of alkyl halides is 2. The first-order chi connectivity index (χ1) is 26.8. The Balaban J connectivity index is 1.25. The van der Waals surface area contributed by atoms with E-state index in [4.69, 9.17) is 14.2 Å². The number of hydrogen-bond acceptors (Lipinski definition) is 11. The lowest BCUT2D eigenvalue weighted by atomic mass is 9.85. The minimum absolute atomic E-state index is 0.163. The lowest BCUT2D eigenvalue weighted by molar-refractivity contribution is -0.142. The van der Waals surface area contributed by atoms with E-state index >= 15 is 8.78 Å². The second-order valence-electron chi connectivity index (χ2n) is 17.6. The van der Waals surface area contributed by atoms with Crippen LogP contribution in [0.25, 0.3) is 11.0 Å². The van der Waals surface area contributed by atoms with E-state index in [-0.39, 0.29) is 49.4 Å². The molecule has 0 radical (unpaired) electrons. The number of fused-ring (bicyclic) bond motifs is 5. The van der Waals surface area contributed by atoms with E-state index in [9.17, 15) is 27.6 Å². The van der Waals surface area contributed by atoms with Crippen LogP contribution in [0.5, 0.6) is 5.88 Å². The summed E-state index contributed by atoms with van der Waals surface area (Å²) in [5, 5.41) is 2.73. The van der Waals surface area contributed by atoms with Gasteiger partial charge in [0, 0.05) is 12.8 Å². The van der Waals surface area contributed by atoms with Crippen LogP contribution >= 0.6 is 0 Å². The Morgan fingerprint density at radius 3 is 2.39 bits per heavy atom.